The highest BCUT2D eigenvalue weighted by molar-refractivity contribution is 6.34. The topological polar surface area (TPSA) is 51.2 Å². The second-order valence-electron chi connectivity index (χ2n) is 4.16. The molecule has 0 spiro atoms. The summed E-state index contributed by atoms with van der Waals surface area (Å²) in [4.78, 5) is 16.0. The maximum absolute atomic E-state index is 12.0. The molecule has 1 N–H and O–H groups in total. The monoisotopic (exact) mass is 254 g/mol. The van der Waals surface area contributed by atoms with Crippen molar-refractivity contribution in [3.05, 3.63) is 23.0 Å². The van der Waals surface area contributed by atoms with Crippen molar-refractivity contribution in [2.24, 2.45) is 5.92 Å². The van der Waals surface area contributed by atoms with Crippen molar-refractivity contribution in [3.8, 4) is 0 Å². The summed E-state index contributed by atoms with van der Waals surface area (Å²) in [5, 5.41) is 3.33. The van der Waals surface area contributed by atoms with E-state index in [1.807, 2.05) is 6.92 Å². The molecule has 1 atom stereocenters. The molecular formula is C12H15ClN2O2. The van der Waals surface area contributed by atoms with E-state index in [1.165, 1.54) is 0 Å². The molecule has 2 rings (SSSR count). The molecule has 17 heavy (non-hydrogen) atoms. The van der Waals surface area contributed by atoms with Gasteiger partial charge in [0.2, 0.25) is 5.91 Å². The van der Waals surface area contributed by atoms with Crippen LogP contribution in [0.4, 0.5) is 5.69 Å². The van der Waals surface area contributed by atoms with Gasteiger partial charge >= 0.3 is 0 Å². The molecule has 0 aliphatic carbocycles. The third kappa shape index (κ3) is 2.96. The molecule has 4 nitrogen and oxygen atoms in total. The van der Waals surface area contributed by atoms with Gasteiger partial charge < -0.3 is 10.1 Å². The average Bonchev–Trinajstić information content (AvgIpc) is 2.36. The SMILES string of the molecule is Cc1nccc(NC(=O)[C@H]2CCCOC2)c1Cl. The van der Waals surface area contributed by atoms with Crippen LogP contribution >= 0.6 is 11.6 Å². The first-order valence-corrected chi connectivity index (χ1v) is 6.06. The van der Waals surface area contributed by atoms with Gasteiger partial charge in [0, 0.05) is 12.8 Å². The van der Waals surface area contributed by atoms with Gasteiger partial charge in [-0.05, 0) is 25.8 Å². The summed E-state index contributed by atoms with van der Waals surface area (Å²) in [5.41, 5.74) is 1.33. The first kappa shape index (κ1) is 12.3. The fraction of sp³-hybridized carbons (Fsp3) is 0.500. The van der Waals surface area contributed by atoms with Gasteiger partial charge in [0.15, 0.2) is 0 Å². The summed E-state index contributed by atoms with van der Waals surface area (Å²) in [6.07, 6.45) is 3.43. The Hall–Kier alpha value is -1.13. The molecule has 2 heterocycles. The lowest BCUT2D eigenvalue weighted by Crippen LogP contribution is -2.30. The maximum atomic E-state index is 12.0. The van der Waals surface area contributed by atoms with Gasteiger partial charge in [-0.25, -0.2) is 0 Å². The van der Waals surface area contributed by atoms with Crippen LogP contribution in [-0.2, 0) is 9.53 Å². The zero-order valence-corrected chi connectivity index (χ0v) is 10.5. The molecule has 0 aromatic carbocycles. The molecule has 1 aliphatic heterocycles. The summed E-state index contributed by atoms with van der Waals surface area (Å²) in [5.74, 6) is -0.106. The number of ether oxygens (including phenoxy) is 1. The normalized spacial score (nSPS) is 20.0. The number of pyridine rings is 1. The van der Waals surface area contributed by atoms with Gasteiger partial charge in [-0.1, -0.05) is 11.6 Å². The highest BCUT2D eigenvalue weighted by Crippen LogP contribution is 2.24. The fourth-order valence-electron chi connectivity index (χ4n) is 1.83. The number of hydrogen-bond donors (Lipinski definition) is 1. The number of rotatable bonds is 2. The number of carbonyl (C=O) groups is 1. The molecule has 0 radical (unpaired) electrons. The molecule has 1 amide bonds. The summed E-state index contributed by atoms with van der Waals surface area (Å²) >= 11 is 6.07. The van der Waals surface area contributed by atoms with Crippen molar-refractivity contribution in [1.82, 2.24) is 4.98 Å². The second kappa shape index (κ2) is 5.47. The number of halogens is 1. The van der Waals surface area contributed by atoms with Crippen LogP contribution in [0.15, 0.2) is 12.3 Å². The zero-order valence-electron chi connectivity index (χ0n) is 9.70. The summed E-state index contributed by atoms with van der Waals surface area (Å²) in [6, 6.07) is 1.71. The van der Waals surface area contributed by atoms with Crippen molar-refractivity contribution >= 4 is 23.2 Å². The molecule has 0 saturated carbocycles. The molecule has 92 valence electrons. The number of hydrogen-bond acceptors (Lipinski definition) is 3. The number of aromatic nitrogens is 1. The van der Waals surface area contributed by atoms with Crippen LogP contribution in [0.25, 0.3) is 0 Å². The van der Waals surface area contributed by atoms with Crippen molar-refractivity contribution < 1.29 is 9.53 Å². The Bertz CT molecular complexity index is 417. The van der Waals surface area contributed by atoms with Crippen molar-refractivity contribution in [2.75, 3.05) is 18.5 Å². The van der Waals surface area contributed by atoms with E-state index in [0.717, 1.165) is 19.4 Å². The predicted octanol–water partition coefficient (Wildman–Crippen LogP) is 2.41. The number of anilines is 1. The third-order valence-electron chi connectivity index (χ3n) is 2.85. The highest BCUT2D eigenvalue weighted by Gasteiger charge is 2.22. The quantitative estimate of drug-likeness (QED) is 0.882. The highest BCUT2D eigenvalue weighted by atomic mass is 35.5. The Morgan fingerprint density at radius 3 is 3.18 bits per heavy atom. The molecule has 1 aliphatic rings. The molecule has 1 aromatic rings. The van der Waals surface area contributed by atoms with E-state index in [-0.39, 0.29) is 11.8 Å². The molecule has 1 aromatic heterocycles. The molecule has 1 saturated heterocycles. The van der Waals surface area contributed by atoms with E-state index in [1.54, 1.807) is 12.3 Å². The Morgan fingerprint density at radius 2 is 2.47 bits per heavy atom. The van der Waals surface area contributed by atoms with Crippen LogP contribution in [0.3, 0.4) is 0 Å². The Kier molecular flexibility index (Phi) is 3.97. The van der Waals surface area contributed by atoms with E-state index in [0.29, 0.717) is 23.0 Å². The van der Waals surface area contributed by atoms with Crippen molar-refractivity contribution in [2.45, 2.75) is 19.8 Å². The molecule has 0 bridgehead atoms. The summed E-state index contributed by atoms with van der Waals surface area (Å²) in [7, 11) is 0. The minimum absolute atomic E-state index is 0.0304. The van der Waals surface area contributed by atoms with Gasteiger partial charge in [0.05, 0.1) is 28.9 Å². The fourth-order valence-corrected chi connectivity index (χ4v) is 1.99. The van der Waals surface area contributed by atoms with Gasteiger partial charge in [-0.15, -0.1) is 0 Å². The lowest BCUT2D eigenvalue weighted by atomic mass is 10.0. The van der Waals surface area contributed by atoms with Gasteiger partial charge in [0.1, 0.15) is 0 Å². The molecule has 1 fully saturated rings. The lowest BCUT2D eigenvalue weighted by molar-refractivity contribution is -0.123. The number of carbonyl (C=O) groups excluding carboxylic acids is 1. The van der Waals surface area contributed by atoms with Crippen LogP contribution in [0.5, 0.6) is 0 Å². The Morgan fingerprint density at radius 1 is 1.65 bits per heavy atom. The molecule has 5 heteroatoms. The van der Waals surface area contributed by atoms with Crippen LogP contribution in [-0.4, -0.2) is 24.1 Å². The number of amides is 1. The zero-order chi connectivity index (χ0) is 12.3. The van der Waals surface area contributed by atoms with E-state index in [9.17, 15) is 4.79 Å². The summed E-state index contributed by atoms with van der Waals surface area (Å²) < 4.78 is 5.29. The Labute approximate surface area is 105 Å². The van der Waals surface area contributed by atoms with E-state index in [4.69, 9.17) is 16.3 Å². The average molecular weight is 255 g/mol. The van der Waals surface area contributed by atoms with Crippen LogP contribution in [0, 0.1) is 12.8 Å². The smallest absolute Gasteiger partial charge is 0.229 e. The standard InChI is InChI=1S/C12H15ClN2O2/c1-8-11(13)10(4-5-14-8)15-12(16)9-3-2-6-17-7-9/h4-5,9H,2-3,6-7H2,1H3,(H,14,15,16)/t9-/m0/s1. The van der Waals surface area contributed by atoms with Gasteiger partial charge in [-0.2, -0.15) is 0 Å². The molecule has 0 unspecified atom stereocenters. The summed E-state index contributed by atoms with van der Waals surface area (Å²) in [6.45, 7) is 3.05. The second-order valence-corrected chi connectivity index (χ2v) is 4.54. The first-order valence-electron chi connectivity index (χ1n) is 5.68. The van der Waals surface area contributed by atoms with Crippen LogP contribution in [0.1, 0.15) is 18.5 Å². The largest absolute Gasteiger partial charge is 0.381 e. The van der Waals surface area contributed by atoms with Gasteiger partial charge in [0.25, 0.3) is 0 Å². The predicted molar refractivity (Wildman–Crippen MR) is 66.2 cm³/mol. The van der Waals surface area contributed by atoms with Crippen molar-refractivity contribution in [1.29, 1.82) is 0 Å². The number of aryl methyl sites for hydroxylation is 1. The van der Waals surface area contributed by atoms with Crippen LogP contribution in [0.2, 0.25) is 5.02 Å². The van der Waals surface area contributed by atoms with E-state index < -0.39 is 0 Å². The van der Waals surface area contributed by atoms with E-state index >= 15 is 0 Å². The minimum atomic E-state index is -0.0757. The van der Waals surface area contributed by atoms with E-state index in [2.05, 4.69) is 10.3 Å². The lowest BCUT2D eigenvalue weighted by Gasteiger charge is -2.21. The first-order chi connectivity index (χ1) is 8.18. The third-order valence-corrected chi connectivity index (χ3v) is 3.33. The number of nitrogens with one attached hydrogen (secondary N) is 1. The Balaban J connectivity index is 2.04. The van der Waals surface area contributed by atoms with Crippen LogP contribution < -0.4 is 5.32 Å². The minimum Gasteiger partial charge on any atom is -0.381 e. The van der Waals surface area contributed by atoms with Crippen molar-refractivity contribution in [3.63, 3.8) is 0 Å². The number of nitrogens with zero attached hydrogens (tertiary/aromatic N) is 1. The van der Waals surface area contributed by atoms with Gasteiger partial charge in [-0.3, -0.25) is 9.78 Å². The molecular weight excluding hydrogens is 240 g/mol. The maximum Gasteiger partial charge on any atom is 0.229 e.